The lowest BCUT2D eigenvalue weighted by Gasteiger charge is -2.25. The van der Waals surface area contributed by atoms with Crippen molar-refractivity contribution in [1.29, 1.82) is 0 Å². The Morgan fingerprint density at radius 2 is 1.83 bits per heavy atom. The molecule has 0 aromatic carbocycles. The number of hydrogen-bond acceptors (Lipinski definition) is 4. The van der Waals surface area contributed by atoms with Crippen LogP contribution < -0.4 is 10.5 Å². The third kappa shape index (κ3) is 6.65. The first-order chi connectivity index (χ1) is 8.37. The summed E-state index contributed by atoms with van der Waals surface area (Å²) in [5, 5.41) is 0. The third-order valence-electron chi connectivity index (χ3n) is 2.86. The molecule has 0 aliphatic heterocycles. The summed E-state index contributed by atoms with van der Waals surface area (Å²) in [5.41, 5.74) is 5.37. The second-order valence-corrected chi connectivity index (χ2v) is 6.28. The molecule has 18 heavy (non-hydrogen) atoms. The van der Waals surface area contributed by atoms with Crippen LogP contribution in [0, 0.1) is 0 Å². The Labute approximate surface area is 112 Å². The van der Waals surface area contributed by atoms with Crippen molar-refractivity contribution in [3.8, 4) is 0 Å². The predicted molar refractivity (Wildman–Crippen MR) is 75.6 cm³/mol. The Kier molecular flexibility index (Phi) is 8.71. The van der Waals surface area contributed by atoms with E-state index in [1.807, 2.05) is 6.92 Å². The van der Waals surface area contributed by atoms with E-state index in [0.717, 1.165) is 19.6 Å². The summed E-state index contributed by atoms with van der Waals surface area (Å²) in [6.07, 6.45) is 0.668. The molecule has 0 aromatic heterocycles. The van der Waals surface area contributed by atoms with E-state index in [-0.39, 0.29) is 6.04 Å². The van der Waals surface area contributed by atoms with Crippen LogP contribution in [0.2, 0.25) is 0 Å². The molecule has 0 bridgehead atoms. The molecule has 0 aliphatic rings. The Balaban J connectivity index is 4.30. The molecule has 0 radical (unpaired) electrons. The zero-order valence-electron chi connectivity index (χ0n) is 12.0. The van der Waals surface area contributed by atoms with Gasteiger partial charge in [-0.15, -0.1) is 0 Å². The van der Waals surface area contributed by atoms with Crippen LogP contribution in [-0.4, -0.2) is 63.4 Å². The van der Waals surface area contributed by atoms with E-state index in [4.69, 9.17) is 5.73 Å². The Bertz CT molecular complexity index is 304. The number of nitrogens with zero attached hydrogens (tertiary/aromatic N) is 2. The minimum Gasteiger partial charge on any atom is -0.330 e. The minimum atomic E-state index is -3.39. The van der Waals surface area contributed by atoms with Crippen molar-refractivity contribution < 1.29 is 8.42 Å². The molecular weight excluding hydrogens is 252 g/mol. The average Bonchev–Trinajstić information content (AvgIpc) is 2.32. The average molecular weight is 280 g/mol. The quantitative estimate of drug-likeness (QED) is 0.582. The van der Waals surface area contributed by atoms with Crippen LogP contribution in [0.1, 0.15) is 27.2 Å². The van der Waals surface area contributed by atoms with E-state index >= 15 is 0 Å². The molecule has 0 aromatic rings. The first kappa shape index (κ1) is 17.8. The van der Waals surface area contributed by atoms with E-state index in [0.29, 0.717) is 19.5 Å². The normalized spacial score (nSPS) is 14.4. The molecule has 110 valence electrons. The molecule has 0 amide bonds. The Morgan fingerprint density at radius 3 is 2.28 bits per heavy atom. The number of rotatable bonds is 10. The van der Waals surface area contributed by atoms with Gasteiger partial charge in [-0.2, -0.15) is 17.4 Å². The van der Waals surface area contributed by atoms with Crippen LogP contribution in [0.15, 0.2) is 0 Å². The van der Waals surface area contributed by atoms with Crippen LogP contribution >= 0.6 is 0 Å². The summed E-state index contributed by atoms with van der Waals surface area (Å²) in [7, 11) is -1.82. The molecule has 1 unspecified atom stereocenters. The second-order valence-electron chi connectivity index (χ2n) is 4.47. The van der Waals surface area contributed by atoms with Crippen molar-refractivity contribution in [2.24, 2.45) is 5.73 Å². The van der Waals surface area contributed by atoms with Crippen molar-refractivity contribution in [1.82, 2.24) is 13.9 Å². The van der Waals surface area contributed by atoms with Gasteiger partial charge in [0.25, 0.3) is 10.2 Å². The lowest BCUT2D eigenvalue weighted by molar-refractivity contribution is 0.280. The fraction of sp³-hybridized carbons (Fsp3) is 1.00. The van der Waals surface area contributed by atoms with Gasteiger partial charge < -0.3 is 10.6 Å². The number of nitrogens with one attached hydrogen (secondary N) is 1. The zero-order valence-corrected chi connectivity index (χ0v) is 12.8. The fourth-order valence-electron chi connectivity index (χ4n) is 1.68. The van der Waals surface area contributed by atoms with Gasteiger partial charge in [-0.25, -0.2) is 0 Å². The monoisotopic (exact) mass is 280 g/mol. The summed E-state index contributed by atoms with van der Waals surface area (Å²) < 4.78 is 27.9. The topological polar surface area (TPSA) is 78.7 Å². The molecule has 0 fully saturated rings. The summed E-state index contributed by atoms with van der Waals surface area (Å²) >= 11 is 0. The van der Waals surface area contributed by atoms with Gasteiger partial charge >= 0.3 is 0 Å². The Hall–Kier alpha value is -0.210. The maximum atomic E-state index is 12.0. The van der Waals surface area contributed by atoms with Crippen molar-refractivity contribution in [3.05, 3.63) is 0 Å². The van der Waals surface area contributed by atoms with E-state index in [9.17, 15) is 8.42 Å². The molecule has 0 heterocycles. The van der Waals surface area contributed by atoms with Gasteiger partial charge in [0, 0.05) is 26.2 Å². The lowest BCUT2D eigenvalue weighted by atomic mass is 10.3. The van der Waals surface area contributed by atoms with Crippen LogP contribution in [-0.2, 0) is 10.2 Å². The number of hydrogen-bond donors (Lipinski definition) is 2. The molecule has 0 spiro atoms. The van der Waals surface area contributed by atoms with E-state index in [1.165, 1.54) is 4.31 Å². The van der Waals surface area contributed by atoms with Crippen LogP contribution in [0.5, 0.6) is 0 Å². The zero-order chi connectivity index (χ0) is 14.2. The molecule has 0 rings (SSSR count). The Morgan fingerprint density at radius 1 is 1.28 bits per heavy atom. The molecule has 0 aliphatic carbocycles. The highest BCUT2D eigenvalue weighted by atomic mass is 32.2. The summed E-state index contributed by atoms with van der Waals surface area (Å²) in [6, 6.07) is -0.102. The van der Waals surface area contributed by atoms with Crippen molar-refractivity contribution in [2.45, 2.75) is 33.2 Å². The smallest absolute Gasteiger partial charge is 0.279 e. The molecule has 3 N–H and O–H groups in total. The third-order valence-corrected chi connectivity index (χ3v) is 4.57. The largest absolute Gasteiger partial charge is 0.330 e. The van der Waals surface area contributed by atoms with Crippen molar-refractivity contribution >= 4 is 10.2 Å². The highest BCUT2D eigenvalue weighted by molar-refractivity contribution is 7.87. The molecule has 0 saturated carbocycles. The molecule has 0 saturated heterocycles. The van der Waals surface area contributed by atoms with E-state index in [2.05, 4.69) is 23.5 Å². The first-order valence-electron chi connectivity index (χ1n) is 6.53. The SMILES string of the molecule is CCN(CC)CC(C)NS(=O)(=O)N(C)CCCN. The van der Waals surface area contributed by atoms with Gasteiger partial charge in [0.05, 0.1) is 0 Å². The first-order valence-corrected chi connectivity index (χ1v) is 7.97. The summed E-state index contributed by atoms with van der Waals surface area (Å²) in [4.78, 5) is 2.19. The van der Waals surface area contributed by atoms with Crippen LogP contribution in [0.4, 0.5) is 0 Å². The van der Waals surface area contributed by atoms with Gasteiger partial charge in [-0.05, 0) is 33.0 Å². The highest BCUT2D eigenvalue weighted by Gasteiger charge is 2.20. The van der Waals surface area contributed by atoms with Crippen LogP contribution in [0.3, 0.4) is 0 Å². The maximum absolute atomic E-state index is 12.0. The van der Waals surface area contributed by atoms with E-state index in [1.54, 1.807) is 7.05 Å². The van der Waals surface area contributed by atoms with Gasteiger partial charge in [0.1, 0.15) is 0 Å². The van der Waals surface area contributed by atoms with Gasteiger partial charge in [-0.1, -0.05) is 13.8 Å². The summed E-state index contributed by atoms with van der Waals surface area (Å²) in [5.74, 6) is 0. The van der Waals surface area contributed by atoms with Crippen molar-refractivity contribution in [2.75, 3.05) is 39.8 Å². The van der Waals surface area contributed by atoms with Crippen molar-refractivity contribution in [3.63, 3.8) is 0 Å². The number of likely N-dealkylation sites (N-methyl/N-ethyl adjacent to an activating group) is 1. The highest BCUT2D eigenvalue weighted by Crippen LogP contribution is 1.99. The minimum absolute atomic E-state index is 0.102. The standard InChI is InChI=1S/C11H28N4O2S/c1-5-15(6-2)10-11(3)13-18(16,17)14(4)9-7-8-12/h11,13H,5-10,12H2,1-4H3. The van der Waals surface area contributed by atoms with Crippen LogP contribution in [0.25, 0.3) is 0 Å². The second kappa shape index (κ2) is 8.82. The van der Waals surface area contributed by atoms with Gasteiger partial charge in [0.15, 0.2) is 0 Å². The molecule has 7 heteroatoms. The fourth-order valence-corrected chi connectivity index (χ4v) is 2.82. The molecule has 6 nitrogen and oxygen atoms in total. The number of nitrogens with two attached hydrogens (primary N) is 1. The lowest BCUT2D eigenvalue weighted by Crippen LogP contribution is -2.47. The summed E-state index contributed by atoms with van der Waals surface area (Å²) in [6.45, 7) is 9.52. The predicted octanol–water partition coefficient (Wildman–Crippen LogP) is -0.168. The molecular formula is C11H28N4O2S. The van der Waals surface area contributed by atoms with Gasteiger partial charge in [0.2, 0.25) is 0 Å². The van der Waals surface area contributed by atoms with Gasteiger partial charge in [-0.3, -0.25) is 0 Å². The molecule has 1 atom stereocenters. The maximum Gasteiger partial charge on any atom is 0.279 e. The van der Waals surface area contributed by atoms with E-state index < -0.39 is 10.2 Å².